The van der Waals surface area contributed by atoms with Gasteiger partial charge in [0.25, 0.3) is 0 Å². The molecule has 4 nitrogen and oxygen atoms in total. The molecule has 1 heterocycles. The number of halogens is 2. The van der Waals surface area contributed by atoms with Crippen molar-refractivity contribution in [3.8, 4) is 0 Å². The number of guanidine groups is 1. The molecule has 122 valence electrons. The quantitative estimate of drug-likeness (QED) is 0.681. The van der Waals surface area contributed by atoms with E-state index in [9.17, 15) is 4.39 Å². The van der Waals surface area contributed by atoms with Gasteiger partial charge in [0.05, 0.1) is 0 Å². The van der Waals surface area contributed by atoms with Crippen LogP contribution in [0.15, 0.2) is 23.2 Å². The van der Waals surface area contributed by atoms with Crippen molar-refractivity contribution < 1.29 is 4.39 Å². The monoisotopic (exact) mass is 326 g/mol. The number of rotatable bonds is 4. The summed E-state index contributed by atoms with van der Waals surface area (Å²) in [7, 11) is 5.77. The van der Waals surface area contributed by atoms with Crippen LogP contribution in [0.4, 0.5) is 4.39 Å². The summed E-state index contributed by atoms with van der Waals surface area (Å²) in [6.07, 6.45) is 1.20. The Morgan fingerprint density at radius 2 is 2.32 bits per heavy atom. The number of aliphatic imine (C=N–C) groups is 1. The highest BCUT2D eigenvalue weighted by Crippen LogP contribution is 2.20. The highest BCUT2D eigenvalue weighted by Gasteiger charge is 2.20. The van der Waals surface area contributed by atoms with E-state index in [0.29, 0.717) is 23.0 Å². The van der Waals surface area contributed by atoms with Gasteiger partial charge in [-0.25, -0.2) is 4.39 Å². The average molecular weight is 327 g/mol. The zero-order valence-electron chi connectivity index (χ0n) is 13.4. The van der Waals surface area contributed by atoms with Gasteiger partial charge < -0.3 is 15.1 Å². The maximum absolute atomic E-state index is 13.9. The first-order valence-corrected chi connectivity index (χ1v) is 7.92. The van der Waals surface area contributed by atoms with Crippen LogP contribution in [-0.4, -0.2) is 56.5 Å². The Labute approximate surface area is 137 Å². The third-order valence-corrected chi connectivity index (χ3v) is 4.42. The molecule has 2 rings (SSSR count). The molecule has 1 aromatic rings. The first-order valence-electron chi connectivity index (χ1n) is 7.54. The zero-order chi connectivity index (χ0) is 16.1. The molecule has 1 aliphatic heterocycles. The second-order valence-electron chi connectivity index (χ2n) is 5.90. The molecule has 22 heavy (non-hydrogen) atoms. The van der Waals surface area contributed by atoms with E-state index in [-0.39, 0.29) is 5.82 Å². The summed E-state index contributed by atoms with van der Waals surface area (Å²) in [5.74, 6) is 1.10. The van der Waals surface area contributed by atoms with E-state index >= 15 is 0 Å². The van der Waals surface area contributed by atoms with Crippen LogP contribution in [0.2, 0.25) is 5.02 Å². The number of likely N-dealkylation sites (tertiary alicyclic amines) is 1. The van der Waals surface area contributed by atoms with Gasteiger partial charge in [-0.3, -0.25) is 4.99 Å². The highest BCUT2D eigenvalue weighted by atomic mass is 35.5. The van der Waals surface area contributed by atoms with E-state index in [4.69, 9.17) is 11.6 Å². The summed E-state index contributed by atoms with van der Waals surface area (Å²) in [5, 5.41) is 3.82. The second-order valence-corrected chi connectivity index (χ2v) is 6.31. The van der Waals surface area contributed by atoms with Gasteiger partial charge in [0, 0.05) is 44.3 Å². The highest BCUT2D eigenvalue weighted by molar-refractivity contribution is 6.31. The van der Waals surface area contributed by atoms with E-state index in [0.717, 1.165) is 25.6 Å². The Morgan fingerprint density at radius 3 is 2.91 bits per heavy atom. The van der Waals surface area contributed by atoms with Crippen molar-refractivity contribution in [2.24, 2.45) is 10.9 Å². The second kappa shape index (κ2) is 7.79. The van der Waals surface area contributed by atoms with Crippen molar-refractivity contribution in [1.82, 2.24) is 15.1 Å². The number of benzene rings is 1. The fourth-order valence-corrected chi connectivity index (χ4v) is 3.03. The van der Waals surface area contributed by atoms with Crippen molar-refractivity contribution in [2.75, 3.05) is 40.8 Å². The molecular weight excluding hydrogens is 303 g/mol. The van der Waals surface area contributed by atoms with Gasteiger partial charge in [0.1, 0.15) is 5.82 Å². The van der Waals surface area contributed by atoms with E-state index in [1.54, 1.807) is 19.2 Å². The van der Waals surface area contributed by atoms with E-state index in [1.807, 2.05) is 11.9 Å². The molecule has 1 fully saturated rings. The van der Waals surface area contributed by atoms with Crippen LogP contribution >= 0.6 is 11.6 Å². The summed E-state index contributed by atoms with van der Waals surface area (Å²) in [6.45, 7) is 3.51. The van der Waals surface area contributed by atoms with Crippen molar-refractivity contribution in [2.45, 2.75) is 13.0 Å². The van der Waals surface area contributed by atoms with Crippen LogP contribution < -0.4 is 5.32 Å². The summed E-state index contributed by atoms with van der Waals surface area (Å²) in [6, 6.07) is 4.75. The van der Waals surface area contributed by atoms with Gasteiger partial charge in [0.15, 0.2) is 5.96 Å². The number of hydrogen-bond donors (Lipinski definition) is 1. The smallest absolute Gasteiger partial charge is 0.193 e. The van der Waals surface area contributed by atoms with E-state index < -0.39 is 0 Å². The van der Waals surface area contributed by atoms with Crippen molar-refractivity contribution in [3.05, 3.63) is 34.6 Å². The van der Waals surface area contributed by atoms with Gasteiger partial charge in [-0.1, -0.05) is 17.7 Å². The Balaban J connectivity index is 1.93. The minimum Gasteiger partial charge on any atom is -0.356 e. The minimum absolute atomic E-state index is 0.285. The number of nitrogens with one attached hydrogen (secondary N) is 1. The normalized spacial score (nSPS) is 19.5. The first-order chi connectivity index (χ1) is 10.5. The molecule has 1 unspecified atom stereocenters. The fourth-order valence-electron chi connectivity index (χ4n) is 2.81. The lowest BCUT2D eigenvalue weighted by molar-refractivity contribution is 0.390. The number of hydrogen-bond acceptors (Lipinski definition) is 2. The van der Waals surface area contributed by atoms with Crippen molar-refractivity contribution in [1.29, 1.82) is 0 Å². The molecule has 0 radical (unpaired) electrons. The lowest BCUT2D eigenvalue weighted by atomic mass is 10.1. The third kappa shape index (κ3) is 4.34. The van der Waals surface area contributed by atoms with Crippen LogP contribution in [0.5, 0.6) is 0 Å². The Bertz CT molecular complexity index is 515. The fraction of sp³-hybridized carbons (Fsp3) is 0.562. The first kappa shape index (κ1) is 17.0. The van der Waals surface area contributed by atoms with Gasteiger partial charge in [-0.05, 0) is 38.1 Å². The maximum Gasteiger partial charge on any atom is 0.193 e. The predicted molar refractivity (Wildman–Crippen MR) is 89.8 cm³/mol. The summed E-state index contributed by atoms with van der Waals surface area (Å²) < 4.78 is 13.9. The molecule has 0 amide bonds. The third-order valence-electron chi connectivity index (χ3n) is 4.07. The Kier molecular flexibility index (Phi) is 6.03. The Hall–Kier alpha value is -1.33. The van der Waals surface area contributed by atoms with Crippen LogP contribution in [0.3, 0.4) is 0 Å². The van der Waals surface area contributed by atoms with Crippen LogP contribution in [0.25, 0.3) is 0 Å². The molecule has 0 spiro atoms. The van der Waals surface area contributed by atoms with Crippen LogP contribution in [0, 0.1) is 11.7 Å². The SMILES string of the molecule is CN=C(NCC1CCN(C)C1)N(C)Cc1c(F)cccc1Cl. The predicted octanol–water partition coefficient (Wildman–Crippen LogP) is 2.44. The van der Waals surface area contributed by atoms with Gasteiger partial charge in [-0.15, -0.1) is 0 Å². The minimum atomic E-state index is -0.285. The number of nitrogens with zero attached hydrogens (tertiary/aromatic N) is 3. The largest absolute Gasteiger partial charge is 0.356 e. The summed E-state index contributed by atoms with van der Waals surface area (Å²) >= 11 is 6.09. The van der Waals surface area contributed by atoms with Crippen molar-refractivity contribution >= 4 is 17.6 Å². The molecule has 1 saturated heterocycles. The molecule has 6 heteroatoms. The van der Waals surface area contributed by atoms with Crippen LogP contribution in [0.1, 0.15) is 12.0 Å². The zero-order valence-corrected chi connectivity index (χ0v) is 14.2. The molecule has 0 aromatic heterocycles. The Morgan fingerprint density at radius 1 is 1.55 bits per heavy atom. The molecule has 1 atom stereocenters. The standard InChI is InChI=1S/C16H24ClFN4/c1-19-16(20-9-12-7-8-21(2)10-12)22(3)11-13-14(17)5-4-6-15(13)18/h4-6,12H,7-11H2,1-3H3,(H,19,20). The van der Waals surface area contributed by atoms with Gasteiger partial charge in [0.2, 0.25) is 0 Å². The maximum atomic E-state index is 13.9. The van der Waals surface area contributed by atoms with E-state index in [2.05, 4.69) is 22.3 Å². The van der Waals surface area contributed by atoms with Crippen LogP contribution in [-0.2, 0) is 6.54 Å². The molecule has 0 saturated carbocycles. The lowest BCUT2D eigenvalue weighted by Gasteiger charge is -2.24. The molecule has 1 N–H and O–H groups in total. The molecular formula is C16H24ClFN4. The van der Waals surface area contributed by atoms with Gasteiger partial charge >= 0.3 is 0 Å². The average Bonchev–Trinajstić information content (AvgIpc) is 2.89. The molecule has 0 bridgehead atoms. The lowest BCUT2D eigenvalue weighted by Crippen LogP contribution is -2.41. The molecule has 1 aromatic carbocycles. The van der Waals surface area contributed by atoms with Gasteiger partial charge in [-0.2, -0.15) is 0 Å². The topological polar surface area (TPSA) is 30.9 Å². The molecule has 0 aliphatic carbocycles. The molecule has 1 aliphatic rings. The summed E-state index contributed by atoms with van der Waals surface area (Å²) in [5.41, 5.74) is 0.496. The summed E-state index contributed by atoms with van der Waals surface area (Å²) in [4.78, 5) is 8.50. The van der Waals surface area contributed by atoms with Crippen molar-refractivity contribution in [3.63, 3.8) is 0 Å². The van der Waals surface area contributed by atoms with E-state index in [1.165, 1.54) is 12.5 Å².